The number of thioether (sulfide) groups is 1. The van der Waals surface area contributed by atoms with Crippen LogP contribution in [-0.2, 0) is 14.8 Å². The number of hydrogen-bond acceptors (Lipinski definition) is 7. The van der Waals surface area contributed by atoms with Crippen LogP contribution < -0.4 is 5.32 Å². The molecule has 1 aliphatic rings. The molecule has 1 saturated heterocycles. The third-order valence-electron chi connectivity index (χ3n) is 4.18. The van der Waals surface area contributed by atoms with E-state index in [1.54, 1.807) is 34.5 Å². The third kappa shape index (κ3) is 9.68. The number of halogens is 1. The maximum atomic E-state index is 12.4. The van der Waals surface area contributed by atoms with Gasteiger partial charge in [-0.1, -0.05) is 11.8 Å². The summed E-state index contributed by atoms with van der Waals surface area (Å²) in [5.41, 5.74) is 0. The normalized spacial score (nSPS) is 16.1. The second-order valence-corrected chi connectivity index (χ2v) is 10.9. The minimum Gasteiger partial charge on any atom is -0.378 e. The van der Waals surface area contributed by atoms with Gasteiger partial charge in [-0.2, -0.15) is 4.31 Å². The monoisotopic (exact) mass is 577 g/mol. The summed E-state index contributed by atoms with van der Waals surface area (Å²) in [5, 5.41) is 5.36. The van der Waals surface area contributed by atoms with Gasteiger partial charge in [0, 0.05) is 57.1 Å². The van der Waals surface area contributed by atoms with Crippen LogP contribution in [0.25, 0.3) is 0 Å². The van der Waals surface area contributed by atoms with Crippen molar-refractivity contribution in [3.8, 4) is 0 Å². The molecule has 0 aromatic carbocycles. The first-order valence-corrected chi connectivity index (χ1v) is 13.0. The zero-order valence-electron chi connectivity index (χ0n) is 17.2. The van der Waals surface area contributed by atoms with Crippen LogP contribution in [0.4, 0.5) is 0 Å². The van der Waals surface area contributed by atoms with E-state index in [0.717, 1.165) is 29.0 Å². The van der Waals surface area contributed by atoms with Crippen molar-refractivity contribution < 1.29 is 13.2 Å². The molecule has 12 heteroatoms. The van der Waals surface area contributed by atoms with E-state index in [0.29, 0.717) is 26.2 Å². The van der Waals surface area contributed by atoms with E-state index in [2.05, 4.69) is 20.2 Å². The van der Waals surface area contributed by atoms with Crippen LogP contribution in [0.5, 0.6) is 0 Å². The Morgan fingerprint density at radius 2 is 2.10 bits per heavy atom. The van der Waals surface area contributed by atoms with E-state index >= 15 is 0 Å². The molecule has 0 saturated carbocycles. The summed E-state index contributed by atoms with van der Waals surface area (Å²) < 4.78 is 32.9. The summed E-state index contributed by atoms with van der Waals surface area (Å²) in [4.78, 5) is 10.7. The highest BCUT2D eigenvalue weighted by Gasteiger charge is 2.27. The minimum absolute atomic E-state index is 0. The Hall–Kier alpha value is -0.150. The molecule has 1 aliphatic heterocycles. The van der Waals surface area contributed by atoms with Crippen molar-refractivity contribution in [1.29, 1.82) is 0 Å². The highest BCUT2D eigenvalue weighted by molar-refractivity contribution is 14.0. The molecule has 168 valence electrons. The first-order chi connectivity index (χ1) is 13.4. The third-order valence-corrected chi connectivity index (χ3v) is 8.06. The highest BCUT2D eigenvalue weighted by Crippen LogP contribution is 2.20. The van der Waals surface area contributed by atoms with Crippen LogP contribution in [0.15, 0.2) is 20.9 Å². The van der Waals surface area contributed by atoms with Crippen LogP contribution in [0.3, 0.4) is 0 Å². The maximum absolute atomic E-state index is 12.4. The Kier molecular flexibility index (Phi) is 13.0. The number of guanidine groups is 1. The summed E-state index contributed by atoms with van der Waals surface area (Å²) in [6.07, 6.45) is 2.87. The zero-order chi connectivity index (χ0) is 20.4. The highest BCUT2D eigenvalue weighted by atomic mass is 127. The molecule has 29 heavy (non-hydrogen) atoms. The van der Waals surface area contributed by atoms with Crippen LogP contribution in [0.1, 0.15) is 20.3 Å². The number of aliphatic imine (C=N–C) groups is 1. The molecule has 0 spiro atoms. The molecule has 0 aliphatic carbocycles. The minimum atomic E-state index is -3.27. The molecule has 0 atom stereocenters. The van der Waals surface area contributed by atoms with Gasteiger partial charge < -0.3 is 15.0 Å². The van der Waals surface area contributed by atoms with Crippen molar-refractivity contribution >= 4 is 63.1 Å². The molecule has 8 nitrogen and oxygen atoms in total. The summed E-state index contributed by atoms with van der Waals surface area (Å²) in [6, 6.07) is 0. The van der Waals surface area contributed by atoms with Gasteiger partial charge in [-0.05, 0) is 20.3 Å². The molecule has 0 bridgehead atoms. The fourth-order valence-corrected chi connectivity index (χ4v) is 5.67. The van der Waals surface area contributed by atoms with Gasteiger partial charge in [0.05, 0.1) is 18.5 Å². The SMILES string of the molecule is CN=C(NCCCSc1nccs1)N1CCN(S(=O)(=O)CCOC(C)C)CC1.I. The van der Waals surface area contributed by atoms with Gasteiger partial charge in [-0.3, -0.25) is 4.99 Å². The summed E-state index contributed by atoms with van der Waals surface area (Å²) in [6.45, 7) is 7.10. The van der Waals surface area contributed by atoms with Crippen molar-refractivity contribution in [2.45, 2.75) is 30.7 Å². The van der Waals surface area contributed by atoms with E-state index in [4.69, 9.17) is 4.74 Å². The number of sulfonamides is 1. The zero-order valence-corrected chi connectivity index (χ0v) is 22.0. The van der Waals surface area contributed by atoms with Gasteiger partial charge in [0.2, 0.25) is 10.0 Å². The Balaban J connectivity index is 0.00000420. The summed E-state index contributed by atoms with van der Waals surface area (Å²) in [5.74, 6) is 1.87. The second kappa shape index (κ2) is 14.0. The molecule has 1 fully saturated rings. The van der Waals surface area contributed by atoms with Crippen molar-refractivity contribution in [1.82, 2.24) is 19.5 Å². The average molecular weight is 578 g/mol. The van der Waals surface area contributed by atoms with Gasteiger partial charge in [0.1, 0.15) is 4.34 Å². The number of rotatable bonds is 10. The average Bonchev–Trinajstić information content (AvgIpc) is 3.18. The second-order valence-electron chi connectivity index (χ2n) is 6.60. The fourth-order valence-electron chi connectivity index (χ4n) is 2.74. The smallest absolute Gasteiger partial charge is 0.216 e. The number of ether oxygens (including phenoxy) is 1. The van der Waals surface area contributed by atoms with Crippen LogP contribution >= 0.6 is 47.1 Å². The molecule has 0 radical (unpaired) electrons. The van der Waals surface area contributed by atoms with Gasteiger partial charge >= 0.3 is 0 Å². The Labute approximate surface area is 200 Å². The Bertz CT molecular complexity index is 693. The Morgan fingerprint density at radius 1 is 1.38 bits per heavy atom. The van der Waals surface area contributed by atoms with Crippen molar-refractivity contribution in [2.24, 2.45) is 4.99 Å². The van der Waals surface area contributed by atoms with E-state index < -0.39 is 10.0 Å². The van der Waals surface area contributed by atoms with E-state index in [9.17, 15) is 8.42 Å². The van der Waals surface area contributed by atoms with Gasteiger partial charge in [-0.25, -0.2) is 13.4 Å². The number of nitrogens with one attached hydrogen (secondary N) is 1. The number of nitrogens with zero attached hydrogens (tertiary/aromatic N) is 4. The lowest BCUT2D eigenvalue weighted by atomic mass is 10.4. The topological polar surface area (TPSA) is 87.1 Å². The molecule has 1 aromatic heterocycles. The van der Waals surface area contributed by atoms with Gasteiger partial charge in [0.25, 0.3) is 0 Å². The first-order valence-electron chi connectivity index (χ1n) is 9.49. The van der Waals surface area contributed by atoms with Crippen molar-refractivity contribution in [3.63, 3.8) is 0 Å². The quantitative estimate of drug-likeness (QED) is 0.150. The molecular weight excluding hydrogens is 545 g/mol. The summed E-state index contributed by atoms with van der Waals surface area (Å²) >= 11 is 3.42. The van der Waals surface area contributed by atoms with E-state index in [1.165, 1.54) is 0 Å². The number of thiazole rings is 1. The van der Waals surface area contributed by atoms with Crippen molar-refractivity contribution in [2.75, 3.05) is 57.9 Å². The Morgan fingerprint density at radius 3 is 2.69 bits per heavy atom. The van der Waals surface area contributed by atoms with E-state index in [-0.39, 0.29) is 42.4 Å². The largest absolute Gasteiger partial charge is 0.378 e. The summed E-state index contributed by atoms with van der Waals surface area (Å²) in [7, 11) is -1.50. The molecule has 1 N–H and O–H groups in total. The predicted molar refractivity (Wildman–Crippen MR) is 132 cm³/mol. The van der Waals surface area contributed by atoms with Gasteiger partial charge in [0.15, 0.2) is 5.96 Å². The maximum Gasteiger partial charge on any atom is 0.216 e. The lowest BCUT2D eigenvalue weighted by Gasteiger charge is -2.35. The lowest BCUT2D eigenvalue weighted by Crippen LogP contribution is -2.54. The number of hydrogen-bond donors (Lipinski definition) is 1. The predicted octanol–water partition coefficient (Wildman–Crippen LogP) is 2.19. The molecule has 0 amide bonds. The fraction of sp³-hybridized carbons (Fsp3) is 0.765. The van der Waals surface area contributed by atoms with E-state index in [1.807, 2.05) is 25.4 Å². The molecule has 1 aromatic rings. The van der Waals surface area contributed by atoms with Crippen LogP contribution in [-0.4, -0.2) is 92.6 Å². The molecule has 2 heterocycles. The first kappa shape index (κ1) is 26.9. The van der Waals surface area contributed by atoms with Gasteiger partial charge in [-0.15, -0.1) is 35.3 Å². The van der Waals surface area contributed by atoms with Crippen molar-refractivity contribution in [3.05, 3.63) is 11.6 Å². The number of aromatic nitrogens is 1. The van der Waals surface area contributed by atoms with Crippen LogP contribution in [0, 0.1) is 0 Å². The standard InChI is InChI=1S/C17H31N5O3S3.HI/c1-15(2)25-11-14-28(23,24)22-9-7-21(8-10-22)16(18-3)19-5-4-12-26-17-20-6-13-27-17;/h6,13,15H,4-5,7-12,14H2,1-3H3,(H,18,19);1H. The van der Waals surface area contributed by atoms with Crippen LogP contribution in [0.2, 0.25) is 0 Å². The molecular formula is C17H32IN5O3S3. The number of piperazine rings is 1. The molecule has 0 unspecified atom stereocenters. The molecule has 2 rings (SSSR count). The lowest BCUT2D eigenvalue weighted by molar-refractivity contribution is 0.0904.